The molecule has 1 unspecified atom stereocenters. The number of benzene rings is 2. The summed E-state index contributed by atoms with van der Waals surface area (Å²) in [7, 11) is 1.44. The van der Waals surface area contributed by atoms with Gasteiger partial charge in [0.1, 0.15) is 17.3 Å². The van der Waals surface area contributed by atoms with E-state index in [2.05, 4.69) is 4.98 Å². The molecule has 1 aliphatic heterocycles. The molecule has 162 valence electrons. The van der Waals surface area contributed by atoms with Gasteiger partial charge in [-0.2, -0.15) is 0 Å². The van der Waals surface area contributed by atoms with Gasteiger partial charge in [0.25, 0.3) is 11.7 Å². The Bertz CT molecular complexity index is 1230. The van der Waals surface area contributed by atoms with Gasteiger partial charge < -0.3 is 14.7 Å². The molecule has 1 atom stereocenters. The van der Waals surface area contributed by atoms with Crippen LogP contribution in [0.4, 0.5) is 4.39 Å². The Morgan fingerprint density at radius 2 is 1.91 bits per heavy atom. The number of hydrogen-bond acceptors (Lipinski definition) is 5. The average Bonchev–Trinajstić information content (AvgIpc) is 3.05. The minimum Gasteiger partial charge on any atom is -0.507 e. The second-order valence-electron chi connectivity index (χ2n) is 7.12. The molecule has 0 radical (unpaired) electrons. The lowest BCUT2D eigenvalue weighted by molar-refractivity contribution is -0.140. The number of methoxy groups -OCH3 is 1. The number of amides is 1. The fourth-order valence-corrected chi connectivity index (χ4v) is 3.89. The summed E-state index contributed by atoms with van der Waals surface area (Å²) in [6.07, 6.45) is 1.56. The summed E-state index contributed by atoms with van der Waals surface area (Å²) in [6.45, 7) is -0.0486. The van der Waals surface area contributed by atoms with E-state index in [0.29, 0.717) is 11.4 Å². The number of likely N-dealkylation sites (tertiary alicyclic amines) is 1. The highest BCUT2D eigenvalue weighted by Gasteiger charge is 2.47. The Hall–Kier alpha value is -3.71. The number of hydrogen-bond donors (Lipinski definition) is 1. The smallest absolute Gasteiger partial charge is 0.296 e. The van der Waals surface area contributed by atoms with Gasteiger partial charge in [0, 0.05) is 17.3 Å². The number of aliphatic hydroxyl groups excluding tert-OH is 1. The fourth-order valence-electron chi connectivity index (χ4n) is 3.69. The monoisotopic (exact) mass is 452 g/mol. The number of aromatic nitrogens is 1. The molecule has 0 spiro atoms. The molecule has 0 aliphatic carbocycles. The molecule has 2 aromatic carbocycles. The van der Waals surface area contributed by atoms with E-state index in [0.717, 1.165) is 0 Å². The first-order chi connectivity index (χ1) is 15.4. The number of carbonyl (C=O) groups excluding carboxylic acids is 2. The molecule has 0 saturated carbocycles. The van der Waals surface area contributed by atoms with Crippen LogP contribution in [0, 0.1) is 5.82 Å². The first kappa shape index (κ1) is 21.5. The van der Waals surface area contributed by atoms with Crippen LogP contribution in [0.25, 0.3) is 5.76 Å². The van der Waals surface area contributed by atoms with E-state index >= 15 is 0 Å². The Morgan fingerprint density at radius 1 is 1.16 bits per heavy atom. The van der Waals surface area contributed by atoms with Crippen molar-refractivity contribution in [2.45, 2.75) is 12.6 Å². The Labute approximate surface area is 188 Å². The SMILES string of the molecule is COc1ccc(Cl)c(/C(O)=C2\C(=O)C(=O)N(Cc3ccccn3)C2c2ccccc2F)c1. The number of halogens is 2. The van der Waals surface area contributed by atoms with Gasteiger partial charge in [-0.1, -0.05) is 35.9 Å². The molecule has 1 amide bonds. The number of aliphatic hydroxyl groups is 1. The molecule has 3 aromatic rings. The van der Waals surface area contributed by atoms with Crippen LogP contribution in [-0.2, 0) is 16.1 Å². The minimum atomic E-state index is -1.17. The van der Waals surface area contributed by atoms with Crippen molar-refractivity contribution in [1.82, 2.24) is 9.88 Å². The summed E-state index contributed by atoms with van der Waals surface area (Å²) in [5.74, 6) is -2.55. The van der Waals surface area contributed by atoms with Crippen LogP contribution in [0.5, 0.6) is 5.75 Å². The molecular weight excluding hydrogens is 435 g/mol. The lowest BCUT2D eigenvalue weighted by Crippen LogP contribution is -2.30. The third-order valence-electron chi connectivity index (χ3n) is 5.23. The predicted octanol–water partition coefficient (Wildman–Crippen LogP) is 4.50. The second-order valence-corrected chi connectivity index (χ2v) is 7.52. The van der Waals surface area contributed by atoms with Crippen molar-refractivity contribution >= 4 is 29.1 Å². The van der Waals surface area contributed by atoms with Gasteiger partial charge in [-0.3, -0.25) is 14.6 Å². The number of ether oxygens (including phenoxy) is 1. The molecule has 1 saturated heterocycles. The highest BCUT2D eigenvalue weighted by atomic mass is 35.5. The van der Waals surface area contributed by atoms with E-state index in [1.807, 2.05) is 0 Å². The summed E-state index contributed by atoms with van der Waals surface area (Å²) in [4.78, 5) is 31.4. The highest BCUT2D eigenvalue weighted by Crippen LogP contribution is 2.42. The van der Waals surface area contributed by atoms with Crippen LogP contribution < -0.4 is 4.74 Å². The van der Waals surface area contributed by atoms with Crippen molar-refractivity contribution in [2.75, 3.05) is 7.11 Å². The zero-order valence-corrected chi connectivity index (χ0v) is 17.7. The molecule has 32 heavy (non-hydrogen) atoms. The molecule has 2 heterocycles. The lowest BCUT2D eigenvalue weighted by Gasteiger charge is -2.25. The van der Waals surface area contributed by atoms with Crippen LogP contribution in [0.1, 0.15) is 22.9 Å². The van der Waals surface area contributed by atoms with E-state index in [4.69, 9.17) is 16.3 Å². The number of carbonyl (C=O) groups is 2. The largest absolute Gasteiger partial charge is 0.507 e. The van der Waals surface area contributed by atoms with Gasteiger partial charge in [0.05, 0.1) is 36.0 Å². The van der Waals surface area contributed by atoms with E-state index in [1.165, 1.54) is 42.3 Å². The molecule has 6 nitrogen and oxygen atoms in total. The van der Waals surface area contributed by atoms with Crippen molar-refractivity contribution in [3.63, 3.8) is 0 Å². The zero-order chi connectivity index (χ0) is 22.8. The summed E-state index contributed by atoms with van der Waals surface area (Å²) in [5.41, 5.74) is 0.424. The topological polar surface area (TPSA) is 79.7 Å². The average molecular weight is 453 g/mol. The maximum Gasteiger partial charge on any atom is 0.296 e. The van der Waals surface area contributed by atoms with Gasteiger partial charge >= 0.3 is 0 Å². The third kappa shape index (κ3) is 3.83. The Kier molecular flexibility index (Phi) is 5.92. The van der Waals surface area contributed by atoms with Gasteiger partial charge in [0.15, 0.2) is 0 Å². The number of Topliss-reactive ketones (excluding diaryl/α,β-unsaturated/α-hetero) is 1. The van der Waals surface area contributed by atoms with E-state index in [-0.39, 0.29) is 28.3 Å². The molecule has 0 bridgehead atoms. The van der Waals surface area contributed by atoms with E-state index < -0.39 is 29.3 Å². The molecule has 1 fully saturated rings. The molecule has 1 N–H and O–H groups in total. The summed E-state index contributed by atoms with van der Waals surface area (Å²) in [5, 5.41) is 11.3. The maximum absolute atomic E-state index is 14.8. The molecule has 1 aromatic heterocycles. The van der Waals surface area contributed by atoms with Crippen LogP contribution in [-0.4, -0.2) is 33.8 Å². The van der Waals surface area contributed by atoms with Crippen LogP contribution in [0.3, 0.4) is 0 Å². The van der Waals surface area contributed by atoms with E-state index in [1.54, 1.807) is 36.5 Å². The quantitative estimate of drug-likeness (QED) is 0.350. The first-order valence-electron chi connectivity index (χ1n) is 9.69. The van der Waals surface area contributed by atoms with Crippen molar-refractivity contribution in [2.24, 2.45) is 0 Å². The Balaban J connectivity index is 1.92. The fraction of sp³-hybridized carbons (Fsp3) is 0.125. The predicted molar refractivity (Wildman–Crippen MR) is 116 cm³/mol. The zero-order valence-electron chi connectivity index (χ0n) is 17.0. The Morgan fingerprint density at radius 3 is 2.59 bits per heavy atom. The standard InChI is InChI=1S/C24H18ClFN2O4/c1-32-15-9-10-18(25)17(12-15)22(29)20-21(16-7-2-3-8-19(16)26)28(24(31)23(20)30)13-14-6-4-5-11-27-14/h2-12,21,29H,13H2,1H3/b22-20+. The highest BCUT2D eigenvalue weighted by molar-refractivity contribution is 6.47. The normalized spacial score (nSPS) is 17.6. The summed E-state index contributed by atoms with van der Waals surface area (Å²) < 4.78 is 20.0. The van der Waals surface area contributed by atoms with Gasteiger partial charge in [-0.05, 0) is 36.4 Å². The summed E-state index contributed by atoms with van der Waals surface area (Å²) >= 11 is 6.26. The molecule has 1 aliphatic rings. The van der Waals surface area contributed by atoms with Crippen LogP contribution >= 0.6 is 11.6 Å². The lowest BCUT2D eigenvalue weighted by atomic mass is 9.94. The minimum absolute atomic E-state index is 0.0486. The maximum atomic E-state index is 14.8. The first-order valence-corrected chi connectivity index (χ1v) is 10.1. The number of pyridine rings is 1. The molecule has 8 heteroatoms. The summed E-state index contributed by atoms with van der Waals surface area (Å²) in [6, 6.07) is 14.3. The van der Waals surface area contributed by atoms with Gasteiger partial charge in [-0.15, -0.1) is 0 Å². The van der Waals surface area contributed by atoms with Crippen LogP contribution in [0.2, 0.25) is 5.02 Å². The second kappa shape index (κ2) is 8.80. The number of rotatable bonds is 5. The molecule has 4 rings (SSSR count). The van der Waals surface area contributed by atoms with Gasteiger partial charge in [-0.25, -0.2) is 4.39 Å². The van der Waals surface area contributed by atoms with Crippen molar-refractivity contribution in [3.8, 4) is 5.75 Å². The van der Waals surface area contributed by atoms with Crippen molar-refractivity contribution < 1.29 is 23.8 Å². The molecular formula is C24H18ClFN2O4. The van der Waals surface area contributed by atoms with E-state index in [9.17, 15) is 19.1 Å². The number of ketones is 1. The van der Waals surface area contributed by atoms with Crippen molar-refractivity contribution in [1.29, 1.82) is 0 Å². The third-order valence-corrected chi connectivity index (χ3v) is 5.56. The van der Waals surface area contributed by atoms with Crippen LogP contribution in [0.15, 0.2) is 72.4 Å². The van der Waals surface area contributed by atoms with Gasteiger partial charge in [0.2, 0.25) is 0 Å². The van der Waals surface area contributed by atoms with Crippen molar-refractivity contribution in [3.05, 3.63) is 100 Å². The number of nitrogens with zero attached hydrogens (tertiary/aromatic N) is 2.